The first-order valence-electron chi connectivity index (χ1n) is 9.61. The number of imidazole rings is 1. The maximum atomic E-state index is 13.0. The molecule has 1 aliphatic rings. The van der Waals surface area contributed by atoms with Crippen molar-refractivity contribution in [3.63, 3.8) is 0 Å². The van der Waals surface area contributed by atoms with Gasteiger partial charge in [-0.05, 0) is 50.5 Å². The van der Waals surface area contributed by atoms with E-state index in [2.05, 4.69) is 24.5 Å². The number of piperidine rings is 1. The Morgan fingerprint density at radius 1 is 1.18 bits per heavy atom. The molecule has 0 bridgehead atoms. The fourth-order valence-electron chi connectivity index (χ4n) is 3.86. The van der Waals surface area contributed by atoms with Gasteiger partial charge in [-0.3, -0.25) is 9.78 Å². The first-order chi connectivity index (χ1) is 13.6. The predicted octanol–water partition coefficient (Wildman–Crippen LogP) is 2.75. The highest BCUT2D eigenvalue weighted by atomic mass is 16.2. The smallest absolute Gasteiger partial charge is 0.272 e. The lowest BCUT2D eigenvalue weighted by Crippen LogP contribution is -2.40. The Labute approximate surface area is 164 Å². The van der Waals surface area contributed by atoms with E-state index in [0.29, 0.717) is 18.1 Å². The van der Waals surface area contributed by atoms with E-state index in [1.807, 2.05) is 43.3 Å². The summed E-state index contributed by atoms with van der Waals surface area (Å²) in [6.45, 7) is 5.88. The summed E-state index contributed by atoms with van der Waals surface area (Å²) in [4.78, 5) is 32.2. The van der Waals surface area contributed by atoms with Crippen molar-refractivity contribution in [2.24, 2.45) is 0 Å². The van der Waals surface area contributed by atoms with Crippen molar-refractivity contribution in [1.82, 2.24) is 29.4 Å². The summed E-state index contributed by atoms with van der Waals surface area (Å²) >= 11 is 0. The second-order valence-electron chi connectivity index (χ2n) is 7.30. The third kappa shape index (κ3) is 3.93. The molecule has 4 rings (SSSR count). The van der Waals surface area contributed by atoms with Crippen molar-refractivity contribution in [3.05, 3.63) is 71.6 Å². The number of pyridine rings is 1. The lowest BCUT2D eigenvalue weighted by molar-refractivity contribution is 0.0697. The van der Waals surface area contributed by atoms with E-state index in [1.54, 1.807) is 18.5 Å². The SMILES string of the molecule is Cc1cc(C(=O)N2CCCC(c3nccn3Cc3ccncc3)C2)nc(C)n1. The predicted molar refractivity (Wildman–Crippen MR) is 105 cm³/mol. The molecule has 3 aromatic rings. The molecule has 28 heavy (non-hydrogen) atoms. The third-order valence-electron chi connectivity index (χ3n) is 5.11. The summed E-state index contributed by atoms with van der Waals surface area (Å²) in [7, 11) is 0. The molecule has 0 aromatic carbocycles. The van der Waals surface area contributed by atoms with Gasteiger partial charge in [0.15, 0.2) is 0 Å². The van der Waals surface area contributed by atoms with Crippen molar-refractivity contribution >= 4 is 5.91 Å². The molecule has 3 aromatic heterocycles. The van der Waals surface area contributed by atoms with E-state index >= 15 is 0 Å². The zero-order valence-electron chi connectivity index (χ0n) is 16.2. The van der Waals surface area contributed by atoms with Crippen LogP contribution in [-0.2, 0) is 6.54 Å². The number of rotatable bonds is 4. The molecule has 0 aliphatic carbocycles. The Kier molecular flexibility index (Phi) is 5.14. The average Bonchev–Trinajstić information content (AvgIpc) is 3.15. The number of likely N-dealkylation sites (tertiary alicyclic amines) is 1. The quantitative estimate of drug-likeness (QED) is 0.700. The van der Waals surface area contributed by atoms with Crippen LogP contribution >= 0.6 is 0 Å². The van der Waals surface area contributed by atoms with Crippen LogP contribution in [0.4, 0.5) is 0 Å². The van der Waals surface area contributed by atoms with Gasteiger partial charge in [-0.25, -0.2) is 15.0 Å². The van der Waals surface area contributed by atoms with Crippen molar-refractivity contribution in [2.45, 2.75) is 39.2 Å². The molecular weight excluding hydrogens is 352 g/mol. The molecule has 0 N–H and O–H groups in total. The standard InChI is InChI=1S/C21H24N6O/c1-15-12-19(25-16(2)24-15)21(28)27-10-3-4-18(14-27)20-23-9-11-26(20)13-17-5-7-22-8-6-17/h5-9,11-12,18H,3-4,10,13-14H2,1-2H3. The molecular formula is C21H24N6O. The molecule has 0 radical (unpaired) electrons. The maximum Gasteiger partial charge on any atom is 0.272 e. The number of carbonyl (C=O) groups excluding carboxylic acids is 1. The van der Waals surface area contributed by atoms with Gasteiger partial charge in [-0.15, -0.1) is 0 Å². The molecule has 4 heterocycles. The van der Waals surface area contributed by atoms with Crippen LogP contribution < -0.4 is 0 Å². The summed E-state index contributed by atoms with van der Waals surface area (Å²) in [6.07, 6.45) is 9.44. The van der Waals surface area contributed by atoms with Gasteiger partial charge in [0.1, 0.15) is 17.3 Å². The van der Waals surface area contributed by atoms with Crippen molar-refractivity contribution in [1.29, 1.82) is 0 Å². The molecule has 1 fully saturated rings. The van der Waals surface area contributed by atoms with Crippen LogP contribution in [-0.4, -0.2) is 48.4 Å². The fraction of sp³-hybridized carbons (Fsp3) is 0.381. The molecule has 7 nitrogen and oxygen atoms in total. The monoisotopic (exact) mass is 376 g/mol. The van der Waals surface area contributed by atoms with E-state index in [-0.39, 0.29) is 11.8 Å². The summed E-state index contributed by atoms with van der Waals surface area (Å²) in [5.74, 6) is 1.86. The van der Waals surface area contributed by atoms with E-state index in [1.165, 1.54) is 5.56 Å². The van der Waals surface area contributed by atoms with E-state index < -0.39 is 0 Å². The van der Waals surface area contributed by atoms with Crippen LogP contribution in [0.3, 0.4) is 0 Å². The third-order valence-corrected chi connectivity index (χ3v) is 5.11. The summed E-state index contributed by atoms with van der Waals surface area (Å²) in [5, 5.41) is 0. The Morgan fingerprint density at radius 3 is 2.79 bits per heavy atom. The highest BCUT2D eigenvalue weighted by Gasteiger charge is 2.28. The van der Waals surface area contributed by atoms with Gasteiger partial charge in [-0.2, -0.15) is 0 Å². The van der Waals surface area contributed by atoms with E-state index in [4.69, 9.17) is 0 Å². The van der Waals surface area contributed by atoms with Crippen LogP contribution in [0, 0.1) is 13.8 Å². The van der Waals surface area contributed by atoms with Gasteiger partial charge in [0.05, 0.1) is 0 Å². The maximum absolute atomic E-state index is 13.0. The van der Waals surface area contributed by atoms with Crippen molar-refractivity contribution < 1.29 is 4.79 Å². The Bertz CT molecular complexity index is 948. The van der Waals surface area contributed by atoms with E-state index in [9.17, 15) is 4.79 Å². The molecule has 0 spiro atoms. The van der Waals surface area contributed by atoms with Gasteiger partial charge >= 0.3 is 0 Å². The summed E-state index contributed by atoms with van der Waals surface area (Å²) in [6, 6.07) is 5.80. The van der Waals surface area contributed by atoms with Crippen molar-refractivity contribution in [3.8, 4) is 0 Å². The van der Waals surface area contributed by atoms with E-state index in [0.717, 1.165) is 37.4 Å². The molecule has 0 saturated carbocycles. The molecule has 144 valence electrons. The van der Waals surface area contributed by atoms with Gasteiger partial charge in [-0.1, -0.05) is 0 Å². The highest BCUT2D eigenvalue weighted by Crippen LogP contribution is 2.27. The molecule has 7 heteroatoms. The summed E-state index contributed by atoms with van der Waals surface area (Å²) in [5.41, 5.74) is 2.48. The van der Waals surface area contributed by atoms with Crippen LogP contribution in [0.15, 0.2) is 43.0 Å². The highest BCUT2D eigenvalue weighted by molar-refractivity contribution is 5.92. The number of carbonyl (C=O) groups is 1. The first-order valence-corrected chi connectivity index (χ1v) is 9.61. The van der Waals surface area contributed by atoms with Crippen molar-refractivity contribution in [2.75, 3.05) is 13.1 Å². The van der Waals surface area contributed by atoms with Gasteiger partial charge < -0.3 is 9.47 Å². The molecule has 1 amide bonds. The second kappa shape index (κ2) is 7.88. The Balaban J connectivity index is 1.52. The van der Waals surface area contributed by atoms with Crippen LogP contribution in [0.2, 0.25) is 0 Å². The number of amides is 1. The molecule has 1 saturated heterocycles. The van der Waals surface area contributed by atoms with Gasteiger partial charge in [0.25, 0.3) is 5.91 Å². The zero-order chi connectivity index (χ0) is 19.5. The van der Waals surface area contributed by atoms with Crippen LogP contribution in [0.5, 0.6) is 0 Å². The number of nitrogens with zero attached hydrogens (tertiary/aromatic N) is 6. The van der Waals surface area contributed by atoms with Crippen LogP contribution in [0.1, 0.15) is 52.2 Å². The summed E-state index contributed by atoms with van der Waals surface area (Å²) < 4.78 is 2.17. The minimum absolute atomic E-state index is 0.0226. The Morgan fingerprint density at radius 2 is 2.00 bits per heavy atom. The number of aryl methyl sites for hydroxylation is 2. The number of hydrogen-bond donors (Lipinski definition) is 0. The second-order valence-corrected chi connectivity index (χ2v) is 7.30. The average molecular weight is 376 g/mol. The Hall–Kier alpha value is -3.09. The first kappa shape index (κ1) is 18.3. The van der Waals surface area contributed by atoms with Gasteiger partial charge in [0.2, 0.25) is 0 Å². The minimum atomic E-state index is -0.0226. The minimum Gasteiger partial charge on any atom is -0.337 e. The van der Waals surface area contributed by atoms with Gasteiger partial charge in [0, 0.05) is 56.0 Å². The molecule has 1 aliphatic heterocycles. The topological polar surface area (TPSA) is 76.8 Å². The number of hydrogen-bond acceptors (Lipinski definition) is 5. The lowest BCUT2D eigenvalue weighted by atomic mass is 9.96. The lowest BCUT2D eigenvalue weighted by Gasteiger charge is -2.32. The molecule has 1 unspecified atom stereocenters. The molecule has 1 atom stereocenters. The fourth-order valence-corrected chi connectivity index (χ4v) is 3.86. The largest absolute Gasteiger partial charge is 0.337 e. The van der Waals surface area contributed by atoms with Crippen LogP contribution in [0.25, 0.3) is 0 Å². The normalized spacial score (nSPS) is 16.9. The number of aromatic nitrogens is 5. The zero-order valence-corrected chi connectivity index (χ0v) is 16.2.